The van der Waals surface area contributed by atoms with Gasteiger partial charge in [0.1, 0.15) is 0 Å². The number of hydrogen-bond donors (Lipinski definition) is 6. The minimum atomic E-state index is -5.81. The largest absolute Gasteiger partial charge is 0.774 e. The van der Waals surface area contributed by atoms with Crippen LogP contribution in [0.5, 0.6) is 0 Å². The summed E-state index contributed by atoms with van der Waals surface area (Å²) in [5.74, 6) is 0. The van der Waals surface area contributed by atoms with Gasteiger partial charge in [-0.15, -0.1) is 0 Å². The molecule has 6 N–H and O–H groups in total. The average Bonchev–Trinajstić information content (AvgIpc) is 2.46. The van der Waals surface area contributed by atoms with E-state index in [1.165, 1.54) is 0 Å². The van der Waals surface area contributed by atoms with Gasteiger partial charge >= 0.3 is 51.3 Å². The molecule has 0 spiro atoms. The van der Waals surface area contributed by atoms with E-state index in [9.17, 15) is 33.3 Å². The third-order valence-electron chi connectivity index (χ3n) is 2.05. The summed E-state index contributed by atoms with van der Waals surface area (Å²) in [5, 5.41) is 52.2. The average molecular weight is 446 g/mol. The predicted octanol–water partition coefficient (Wildman–Crippen LogP) is 0.677. The zero-order valence-corrected chi connectivity index (χ0v) is 16.3. The Bertz CT molecular complexity index is 555. The van der Waals surface area contributed by atoms with Crippen molar-refractivity contribution in [2.45, 2.75) is 0 Å². The molecule has 0 saturated heterocycles. The first-order valence-electron chi connectivity index (χ1n) is 5.74. The van der Waals surface area contributed by atoms with Crippen molar-refractivity contribution in [3.05, 3.63) is 0 Å². The molecule has 0 amide bonds. The van der Waals surface area contributed by atoms with E-state index in [2.05, 4.69) is 10.7 Å². The van der Waals surface area contributed by atoms with Crippen LogP contribution >= 0.6 is 7.82 Å². The van der Waals surface area contributed by atoms with Crippen molar-refractivity contribution in [3.8, 4) is 0 Å². The minimum absolute atomic E-state index is 2.20. The van der Waals surface area contributed by atoms with Crippen molar-refractivity contribution in [2.24, 2.45) is 0 Å². The molecule has 0 aromatic heterocycles. The van der Waals surface area contributed by atoms with Crippen LogP contribution < -0.4 is 0 Å². The van der Waals surface area contributed by atoms with E-state index in [1.807, 2.05) is 0 Å². The summed E-state index contributed by atoms with van der Waals surface area (Å²) >= 11 is -14.0. The van der Waals surface area contributed by atoms with Gasteiger partial charge in [0.05, 0.1) is 0 Å². The van der Waals surface area contributed by atoms with Crippen LogP contribution in [0, 0.1) is 0 Å². The molecular formula is C6H6Al3O16P. The van der Waals surface area contributed by atoms with Crippen molar-refractivity contribution < 1.29 is 74.7 Å². The smallest absolute Gasteiger partial charge is 0.493 e. The first-order chi connectivity index (χ1) is 11.7. The predicted molar refractivity (Wildman–Crippen MR) is 76.3 cm³/mol. The Balaban J connectivity index is 6.02. The Morgan fingerprint density at radius 3 is 0.769 bits per heavy atom. The lowest BCUT2D eigenvalue weighted by Gasteiger charge is -2.22. The number of rotatable bonds is 12. The number of carbonyl (C=O) groups is 6. The van der Waals surface area contributed by atoms with Crippen LogP contribution in [0.4, 0.5) is 28.8 Å². The van der Waals surface area contributed by atoms with Crippen LogP contribution in [0.2, 0.25) is 0 Å². The second kappa shape index (κ2) is 10.0. The first-order valence-corrected chi connectivity index (χ1v) is 12.1. The Kier molecular flexibility index (Phi) is 9.45. The highest BCUT2D eigenvalue weighted by atomic mass is 31.2. The molecule has 0 aliphatic carbocycles. The standard InChI is InChI=1S/6CHO2.3Al.H3O4P/c6*2-1-3;;;;1-5(2,3)4/h6*(H,2,3);;;;(H3,1,2,3,4)/q;;;;;;3*+1;/p-3. The summed E-state index contributed by atoms with van der Waals surface area (Å²) in [4.78, 5) is 51.7. The summed E-state index contributed by atoms with van der Waals surface area (Å²) in [6.07, 6.45) is 0. The Morgan fingerprint density at radius 1 is 0.500 bits per heavy atom. The fraction of sp³-hybridized carbons (Fsp3) is 0. The van der Waals surface area contributed by atoms with Gasteiger partial charge in [-0.3, -0.25) is 28.8 Å². The van der Waals surface area contributed by atoms with Crippen LogP contribution in [0.3, 0.4) is 0 Å². The second-order valence-corrected chi connectivity index (χ2v) is 12.6. The molecule has 0 aromatic rings. The monoisotopic (exact) mass is 446 g/mol. The molecule has 0 aliphatic rings. The van der Waals surface area contributed by atoms with Gasteiger partial charge in [-0.1, -0.05) is 0 Å². The van der Waals surface area contributed by atoms with Crippen LogP contribution in [0.1, 0.15) is 0 Å². The Labute approximate surface area is 154 Å². The van der Waals surface area contributed by atoms with Gasteiger partial charge in [0.25, 0.3) is 29.0 Å². The number of hydrogen-bond acceptors (Lipinski definition) is 10. The molecule has 0 fully saturated rings. The fourth-order valence-electron chi connectivity index (χ4n) is 1.05. The SMILES string of the molecule is O=[C](O)[Al]([O]P(=O)([O][Al]([C](=O)O)[C](=O)O)[O][Al]([C](=O)O)[C](=O)O)[C](=O)O. The second-order valence-electron chi connectivity index (χ2n) is 3.93. The van der Waals surface area contributed by atoms with E-state index < -0.39 is 80.3 Å². The van der Waals surface area contributed by atoms with Crippen LogP contribution in [0.15, 0.2) is 0 Å². The summed E-state index contributed by atoms with van der Waals surface area (Å²) in [6, 6.07) is 0. The van der Waals surface area contributed by atoms with Gasteiger partial charge in [-0.2, -0.15) is 0 Å². The van der Waals surface area contributed by atoms with Crippen LogP contribution in [-0.4, -0.2) is 103 Å². The Hall–Kier alpha value is -1.47. The van der Waals surface area contributed by atoms with Crippen LogP contribution in [-0.2, 0) is 15.3 Å². The topological polar surface area (TPSA) is 269 Å². The van der Waals surface area contributed by atoms with Gasteiger partial charge in [-0.25, -0.2) is 4.57 Å². The lowest BCUT2D eigenvalue weighted by Crippen LogP contribution is -2.43. The van der Waals surface area contributed by atoms with Crippen molar-refractivity contribution in [1.29, 1.82) is 0 Å². The lowest BCUT2D eigenvalue weighted by molar-refractivity contribution is 0.195. The van der Waals surface area contributed by atoms with E-state index >= 15 is 0 Å². The zero-order chi connectivity index (χ0) is 20.8. The maximum atomic E-state index is 12.3. The van der Waals surface area contributed by atoms with E-state index in [4.69, 9.17) is 30.6 Å². The zero-order valence-electron chi connectivity index (χ0n) is 11.9. The van der Waals surface area contributed by atoms with E-state index in [1.54, 1.807) is 0 Å². The number of phosphoric acid groups is 1. The van der Waals surface area contributed by atoms with Crippen LogP contribution in [0.25, 0.3) is 0 Å². The molecule has 0 saturated carbocycles. The molecule has 20 heteroatoms. The van der Waals surface area contributed by atoms with E-state index in [-0.39, 0.29) is 0 Å². The molecule has 0 aliphatic heterocycles. The molecular weight excluding hydrogens is 440 g/mol. The van der Waals surface area contributed by atoms with Gasteiger partial charge in [0.15, 0.2) is 0 Å². The van der Waals surface area contributed by atoms with E-state index in [0.29, 0.717) is 0 Å². The minimum Gasteiger partial charge on any atom is -0.493 e. The normalized spacial score (nSPS) is 10.5. The quantitative estimate of drug-likeness (QED) is 0.178. The lowest BCUT2D eigenvalue weighted by atomic mass is 11.5. The first kappa shape index (κ1) is 24.5. The molecule has 0 heterocycles. The Morgan fingerprint density at radius 2 is 0.654 bits per heavy atom. The molecule has 0 rings (SSSR count). The number of carboxylic acid groups (broad SMARTS) is 6. The summed E-state index contributed by atoms with van der Waals surface area (Å²) in [5.41, 5.74) is 0. The molecule has 0 unspecified atom stereocenters. The molecule has 0 atom stereocenters. The molecule has 26 heavy (non-hydrogen) atoms. The van der Waals surface area contributed by atoms with Crippen molar-refractivity contribution in [3.63, 3.8) is 0 Å². The van der Waals surface area contributed by atoms with Gasteiger partial charge in [0, 0.05) is 0 Å². The molecule has 0 radical (unpaired) electrons. The van der Waals surface area contributed by atoms with Crippen molar-refractivity contribution in [2.75, 3.05) is 0 Å². The van der Waals surface area contributed by atoms with Gasteiger partial charge < -0.3 is 41.4 Å². The molecule has 16 nitrogen and oxygen atoms in total. The molecule has 0 aromatic carbocycles. The van der Waals surface area contributed by atoms with Gasteiger partial charge in [-0.05, 0) is 0 Å². The van der Waals surface area contributed by atoms with Crippen molar-refractivity contribution in [1.82, 2.24) is 0 Å². The third-order valence-corrected chi connectivity index (χ3v) is 10.4. The van der Waals surface area contributed by atoms with Gasteiger partial charge in [0.2, 0.25) is 0 Å². The van der Waals surface area contributed by atoms with Crippen molar-refractivity contribution >= 4 is 80.3 Å². The maximum Gasteiger partial charge on any atom is 0.774 e. The maximum absolute atomic E-state index is 12.3. The van der Waals surface area contributed by atoms with E-state index in [0.717, 1.165) is 0 Å². The highest BCUT2D eigenvalue weighted by Crippen LogP contribution is 2.51. The summed E-state index contributed by atoms with van der Waals surface area (Å²) < 4.78 is 24.6. The highest BCUT2D eigenvalue weighted by Gasteiger charge is 2.58. The highest BCUT2D eigenvalue weighted by molar-refractivity contribution is 7.55. The third kappa shape index (κ3) is 7.41. The summed E-state index contributed by atoms with van der Waals surface area (Å²) in [6.45, 7) is 0. The molecule has 140 valence electrons. The molecule has 0 bridgehead atoms. The fourth-order valence-corrected chi connectivity index (χ4v) is 8.88. The summed E-state index contributed by atoms with van der Waals surface area (Å²) in [7, 11) is -5.81.